The second kappa shape index (κ2) is 10.00. The molecule has 2 rings (SSSR count). The summed E-state index contributed by atoms with van der Waals surface area (Å²) in [4.78, 5) is 18.8. The first kappa shape index (κ1) is 20.8. The summed E-state index contributed by atoms with van der Waals surface area (Å²) < 4.78 is 5.34. The molecule has 1 aromatic rings. The zero-order chi connectivity index (χ0) is 19.1. The van der Waals surface area contributed by atoms with Crippen LogP contribution in [0.15, 0.2) is 18.2 Å². The molecule has 0 unspecified atom stereocenters. The molecule has 1 aliphatic heterocycles. The van der Waals surface area contributed by atoms with Gasteiger partial charge in [-0.2, -0.15) is 0 Å². The number of halogens is 1. The number of likely N-dealkylation sites (N-methyl/N-ethyl adjacent to an activating group) is 1. The molecular weight excluding hydrogens is 352 g/mol. The van der Waals surface area contributed by atoms with E-state index in [0.29, 0.717) is 24.2 Å². The van der Waals surface area contributed by atoms with E-state index < -0.39 is 0 Å². The number of urea groups is 1. The highest BCUT2D eigenvalue weighted by Gasteiger charge is 2.19. The van der Waals surface area contributed by atoms with Crippen LogP contribution in [0.2, 0.25) is 5.02 Å². The lowest BCUT2D eigenvalue weighted by Crippen LogP contribution is -2.49. The van der Waals surface area contributed by atoms with Gasteiger partial charge in [-0.3, -0.25) is 4.90 Å². The quantitative estimate of drug-likeness (QED) is 0.787. The van der Waals surface area contributed by atoms with Gasteiger partial charge in [-0.15, -0.1) is 0 Å². The molecule has 0 spiro atoms. The zero-order valence-corrected chi connectivity index (χ0v) is 17.1. The van der Waals surface area contributed by atoms with Gasteiger partial charge in [0.15, 0.2) is 0 Å². The Bertz CT molecular complexity index is 591. The Labute approximate surface area is 162 Å². The van der Waals surface area contributed by atoms with Gasteiger partial charge in [0.2, 0.25) is 0 Å². The molecule has 1 aromatic carbocycles. The predicted octanol–water partition coefficient (Wildman–Crippen LogP) is 2.52. The first-order valence-corrected chi connectivity index (χ1v) is 9.52. The van der Waals surface area contributed by atoms with E-state index >= 15 is 0 Å². The minimum Gasteiger partial charge on any atom is -0.496 e. The van der Waals surface area contributed by atoms with Crippen LogP contribution < -0.4 is 10.1 Å². The summed E-state index contributed by atoms with van der Waals surface area (Å²) >= 11 is 6.06. The van der Waals surface area contributed by atoms with E-state index in [-0.39, 0.29) is 6.03 Å². The molecule has 0 aliphatic carbocycles. The van der Waals surface area contributed by atoms with Gasteiger partial charge in [0.25, 0.3) is 0 Å². The first-order valence-electron chi connectivity index (χ1n) is 9.14. The summed E-state index contributed by atoms with van der Waals surface area (Å²) in [6, 6.07) is 5.82. The molecule has 7 heteroatoms. The fourth-order valence-corrected chi connectivity index (χ4v) is 3.36. The topological polar surface area (TPSA) is 48.1 Å². The molecule has 0 bridgehead atoms. The Morgan fingerprint density at radius 3 is 2.69 bits per heavy atom. The van der Waals surface area contributed by atoms with Gasteiger partial charge < -0.3 is 19.9 Å². The van der Waals surface area contributed by atoms with E-state index in [1.807, 2.05) is 12.1 Å². The van der Waals surface area contributed by atoms with Crippen molar-refractivity contribution >= 4 is 17.6 Å². The third kappa shape index (κ3) is 6.04. The van der Waals surface area contributed by atoms with Crippen molar-refractivity contribution in [2.75, 3.05) is 53.9 Å². The van der Waals surface area contributed by atoms with Crippen molar-refractivity contribution in [2.45, 2.75) is 25.9 Å². The summed E-state index contributed by atoms with van der Waals surface area (Å²) in [6.07, 6.45) is 0.948. The Morgan fingerprint density at radius 1 is 1.35 bits per heavy atom. The molecule has 1 saturated heterocycles. The molecule has 1 fully saturated rings. The van der Waals surface area contributed by atoms with Crippen molar-refractivity contribution in [3.63, 3.8) is 0 Å². The molecule has 0 radical (unpaired) electrons. The Hall–Kier alpha value is -1.50. The maximum absolute atomic E-state index is 12.4. The van der Waals surface area contributed by atoms with Crippen LogP contribution in [0.4, 0.5) is 4.79 Å². The van der Waals surface area contributed by atoms with Crippen LogP contribution in [0.5, 0.6) is 5.75 Å². The highest BCUT2D eigenvalue weighted by Crippen LogP contribution is 2.23. The maximum atomic E-state index is 12.4. The number of amides is 2. The van der Waals surface area contributed by atoms with Crippen molar-refractivity contribution in [1.29, 1.82) is 0 Å². The number of rotatable bonds is 7. The van der Waals surface area contributed by atoms with Crippen LogP contribution in [-0.4, -0.2) is 80.7 Å². The predicted molar refractivity (Wildman–Crippen MR) is 106 cm³/mol. The third-order valence-electron chi connectivity index (χ3n) is 5.00. The van der Waals surface area contributed by atoms with E-state index in [1.165, 1.54) is 0 Å². The molecular formula is C19H31ClN4O2. The van der Waals surface area contributed by atoms with Crippen LogP contribution >= 0.6 is 11.6 Å². The van der Waals surface area contributed by atoms with Crippen LogP contribution in [0.1, 0.15) is 18.9 Å². The summed E-state index contributed by atoms with van der Waals surface area (Å²) in [5.41, 5.74) is 0.892. The first-order chi connectivity index (χ1) is 12.4. The molecule has 146 valence electrons. The number of carbonyl (C=O) groups excluding carboxylic acids is 1. The molecule has 1 N–H and O–H groups in total. The normalized spacial score (nSPS) is 17.0. The van der Waals surface area contributed by atoms with Crippen LogP contribution in [0, 0.1) is 0 Å². The van der Waals surface area contributed by atoms with Crippen molar-refractivity contribution in [3.05, 3.63) is 28.8 Å². The van der Waals surface area contributed by atoms with Gasteiger partial charge in [0, 0.05) is 56.4 Å². The van der Waals surface area contributed by atoms with Crippen molar-refractivity contribution in [1.82, 2.24) is 20.0 Å². The zero-order valence-electron chi connectivity index (χ0n) is 16.3. The van der Waals surface area contributed by atoms with Gasteiger partial charge in [0.1, 0.15) is 5.75 Å². The van der Waals surface area contributed by atoms with Gasteiger partial charge in [0.05, 0.1) is 13.7 Å². The summed E-state index contributed by atoms with van der Waals surface area (Å²) in [6.45, 7) is 7.77. The Kier molecular flexibility index (Phi) is 8.00. The average Bonchev–Trinajstić information content (AvgIpc) is 2.62. The summed E-state index contributed by atoms with van der Waals surface area (Å²) in [5, 5.41) is 3.64. The van der Waals surface area contributed by atoms with Crippen LogP contribution in [-0.2, 0) is 6.54 Å². The number of nitrogens with one attached hydrogen (secondary N) is 1. The minimum absolute atomic E-state index is 0.0855. The summed E-state index contributed by atoms with van der Waals surface area (Å²) in [5.74, 6) is 0.734. The lowest BCUT2D eigenvalue weighted by Gasteiger charge is -2.36. The molecule has 0 aromatic heterocycles. The second-order valence-corrected chi connectivity index (χ2v) is 7.46. The maximum Gasteiger partial charge on any atom is 0.317 e. The highest BCUT2D eigenvalue weighted by atomic mass is 35.5. The SMILES string of the molecule is COc1ccc(Cl)cc1CN(C)C(=O)NCC[C@H](C)N1CCN(C)CC1. The molecule has 1 atom stereocenters. The highest BCUT2D eigenvalue weighted by molar-refractivity contribution is 6.30. The molecule has 26 heavy (non-hydrogen) atoms. The number of ether oxygens (including phenoxy) is 1. The van der Waals surface area contributed by atoms with E-state index in [4.69, 9.17) is 16.3 Å². The minimum atomic E-state index is -0.0855. The standard InChI is InChI=1S/C19H31ClN4O2/c1-15(24-11-9-22(2)10-12-24)7-8-21-19(25)23(3)14-16-13-17(20)5-6-18(16)26-4/h5-6,13,15H,7-12,14H2,1-4H3,(H,21,25)/t15-/m0/s1. The van der Waals surface area contributed by atoms with Crippen molar-refractivity contribution in [2.24, 2.45) is 0 Å². The Morgan fingerprint density at radius 2 is 2.04 bits per heavy atom. The fourth-order valence-electron chi connectivity index (χ4n) is 3.17. The van der Waals surface area contributed by atoms with Crippen molar-refractivity contribution in [3.8, 4) is 5.75 Å². The molecule has 1 aliphatic rings. The number of carbonyl (C=O) groups is 1. The fraction of sp³-hybridized carbons (Fsp3) is 0.632. The number of hydrogen-bond acceptors (Lipinski definition) is 4. The summed E-state index contributed by atoms with van der Waals surface area (Å²) in [7, 11) is 5.55. The average molecular weight is 383 g/mol. The second-order valence-electron chi connectivity index (χ2n) is 7.02. The monoisotopic (exact) mass is 382 g/mol. The molecule has 2 amide bonds. The lowest BCUT2D eigenvalue weighted by molar-refractivity contribution is 0.114. The van der Waals surface area contributed by atoms with Gasteiger partial charge in [-0.25, -0.2) is 4.79 Å². The van der Waals surface area contributed by atoms with E-state index in [9.17, 15) is 4.79 Å². The number of nitrogens with zero attached hydrogens (tertiary/aromatic N) is 3. The van der Waals surface area contributed by atoms with Crippen molar-refractivity contribution < 1.29 is 9.53 Å². The van der Waals surface area contributed by atoms with Gasteiger partial charge in [-0.05, 0) is 38.6 Å². The lowest BCUT2D eigenvalue weighted by atomic mass is 10.1. The molecule has 1 heterocycles. The van der Waals surface area contributed by atoms with E-state index in [2.05, 4.69) is 29.1 Å². The third-order valence-corrected chi connectivity index (χ3v) is 5.23. The number of piperazine rings is 1. The molecule has 6 nitrogen and oxygen atoms in total. The van der Waals surface area contributed by atoms with Crippen LogP contribution in [0.25, 0.3) is 0 Å². The smallest absolute Gasteiger partial charge is 0.317 e. The number of methoxy groups -OCH3 is 1. The van der Waals surface area contributed by atoms with Crippen LogP contribution in [0.3, 0.4) is 0 Å². The van der Waals surface area contributed by atoms with Gasteiger partial charge >= 0.3 is 6.03 Å². The number of benzene rings is 1. The van der Waals surface area contributed by atoms with Gasteiger partial charge in [-0.1, -0.05) is 11.6 Å². The Balaban J connectivity index is 1.76. The van der Waals surface area contributed by atoms with E-state index in [0.717, 1.165) is 43.9 Å². The molecule has 0 saturated carbocycles. The largest absolute Gasteiger partial charge is 0.496 e. The van der Waals surface area contributed by atoms with E-state index in [1.54, 1.807) is 25.1 Å². The number of hydrogen-bond donors (Lipinski definition) is 1.